The number of hydrogen-bond donors (Lipinski definition) is 0. The molecule has 0 unspecified atom stereocenters. The maximum absolute atomic E-state index is 11.9. The Bertz CT molecular complexity index is 915. The summed E-state index contributed by atoms with van der Waals surface area (Å²) in [5.74, 6) is 0. The number of fused-ring (bicyclic) bond motifs is 1. The van der Waals surface area contributed by atoms with Crippen LogP contribution in [0.5, 0.6) is 0 Å². The molecular weight excluding hydrogens is 274 g/mol. The topological polar surface area (TPSA) is 39.3 Å². The van der Waals surface area contributed by atoms with Gasteiger partial charge >= 0.3 is 5.69 Å². The number of imidazole rings is 1. The van der Waals surface area contributed by atoms with E-state index in [-0.39, 0.29) is 5.69 Å². The second-order valence-corrected chi connectivity index (χ2v) is 5.12. The molecule has 0 aliphatic carbocycles. The summed E-state index contributed by atoms with van der Waals surface area (Å²) in [6.07, 6.45) is 5.67. The molecule has 0 saturated heterocycles. The number of rotatable bonds is 3. The minimum atomic E-state index is -0.0277. The highest BCUT2D eigenvalue weighted by Crippen LogP contribution is 2.19. The van der Waals surface area contributed by atoms with Gasteiger partial charge in [-0.3, -0.25) is 14.1 Å². The summed E-state index contributed by atoms with van der Waals surface area (Å²) < 4.78 is 3.27. The van der Waals surface area contributed by atoms with Crippen molar-refractivity contribution in [1.82, 2.24) is 9.13 Å². The summed E-state index contributed by atoms with van der Waals surface area (Å²) in [6, 6.07) is 15.8. The Morgan fingerprint density at radius 2 is 1.68 bits per heavy atom. The van der Waals surface area contributed by atoms with Crippen molar-refractivity contribution in [3.63, 3.8) is 0 Å². The second-order valence-electron chi connectivity index (χ2n) is 5.12. The van der Waals surface area contributed by atoms with Crippen LogP contribution in [0.3, 0.4) is 0 Å². The average molecular weight is 291 g/mol. The maximum Gasteiger partial charge on any atom is 0.328 e. The molecule has 0 saturated carbocycles. The van der Waals surface area contributed by atoms with E-state index in [4.69, 9.17) is 0 Å². The smallest absolute Gasteiger partial charge is 0.295 e. The Kier molecular flexibility index (Phi) is 3.74. The Balaban J connectivity index is 1.85. The zero-order valence-corrected chi connectivity index (χ0v) is 12.6. The van der Waals surface area contributed by atoms with Gasteiger partial charge in [0.1, 0.15) is 0 Å². The predicted molar refractivity (Wildman–Crippen MR) is 91.8 cm³/mol. The van der Waals surface area contributed by atoms with Crippen LogP contribution in [-0.4, -0.2) is 15.3 Å². The van der Waals surface area contributed by atoms with Gasteiger partial charge in [0.05, 0.1) is 16.7 Å². The third kappa shape index (κ3) is 2.63. The van der Waals surface area contributed by atoms with Crippen molar-refractivity contribution in [2.45, 2.75) is 0 Å². The molecule has 0 N–H and O–H groups in total. The number of aryl methyl sites for hydroxylation is 2. The molecule has 0 aliphatic heterocycles. The SMILES string of the molecule is Cn1c(=O)n(C)c2cc(N=C/C=C/c3ccccc3)ccc21. The average Bonchev–Trinajstić information content (AvgIpc) is 2.77. The fourth-order valence-electron chi connectivity index (χ4n) is 2.42. The van der Waals surface area contributed by atoms with Gasteiger partial charge in [-0.15, -0.1) is 0 Å². The summed E-state index contributed by atoms with van der Waals surface area (Å²) in [5.41, 5.74) is 3.72. The Hall–Kier alpha value is -2.88. The number of benzene rings is 2. The lowest BCUT2D eigenvalue weighted by atomic mass is 10.2. The van der Waals surface area contributed by atoms with Crippen molar-refractivity contribution in [1.29, 1.82) is 0 Å². The lowest BCUT2D eigenvalue weighted by molar-refractivity contribution is 0.795. The van der Waals surface area contributed by atoms with Crippen LogP contribution in [0.25, 0.3) is 17.1 Å². The molecule has 0 fully saturated rings. The lowest BCUT2D eigenvalue weighted by Crippen LogP contribution is -2.19. The van der Waals surface area contributed by atoms with Gasteiger partial charge < -0.3 is 0 Å². The highest BCUT2D eigenvalue weighted by molar-refractivity contribution is 5.84. The van der Waals surface area contributed by atoms with Crippen molar-refractivity contribution < 1.29 is 0 Å². The molecule has 1 heterocycles. The van der Waals surface area contributed by atoms with E-state index < -0.39 is 0 Å². The van der Waals surface area contributed by atoms with Gasteiger partial charge in [0, 0.05) is 20.3 Å². The standard InChI is InChI=1S/C18H17N3O/c1-20-16-11-10-15(13-17(16)21(2)18(20)22)19-12-6-9-14-7-4-3-5-8-14/h3-13H,1-2H3/b9-6+,19-12?. The number of hydrogen-bond acceptors (Lipinski definition) is 2. The molecule has 4 heteroatoms. The van der Waals surface area contributed by atoms with Gasteiger partial charge in [0.25, 0.3) is 0 Å². The van der Waals surface area contributed by atoms with E-state index in [1.165, 1.54) is 0 Å². The second kappa shape index (κ2) is 5.85. The minimum absolute atomic E-state index is 0.0277. The number of nitrogens with zero attached hydrogens (tertiary/aromatic N) is 3. The zero-order valence-electron chi connectivity index (χ0n) is 12.6. The number of aromatic nitrogens is 2. The van der Waals surface area contributed by atoms with E-state index in [0.29, 0.717) is 0 Å². The van der Waals surface area contributed by atoms with E-state index in [1.807, 2.05) is 60.7 Å². The molecule has 0 spiro atoms. The van der Waals surface area contributed by atoms with Crippen molar-refractivity contribution in [3.8, 4) is 0 Å². The first-order valence-electron chi connectivity index (χ1n) is 7.08. The molecule has 4 nitrogen and oxygen atoms in total. The molecule has 0 bridgehead atoms. The number of allylic oxidation sites excluding steroid dienone is 1. The molecule has 0 radical (unpaired) electrons. The van der Waals surface area contributed by atoms with Crippen molar-refractivity contribution in [2.24, 2.45) is 19.1 Å². The largest absolute Gasteiger partial charge is 0.328 e. The molecule has 0 atom stereocenters. The monoisotopic (exact) mass is 291 g/mol. The highest BCUT2D eigenvalue weighted by atomic mass is 16.1. The number of aliphatic imine (C=N–C) groups is 1. The third-order valence-electron chi connectivity index (χ3n) is 3.65. The van der Waals surface area contributed by atoms with E-state index in [2.05, 4.69) is 4.99 Å². The first-order chi connectivity index (χ1) is 10.7. The molecule has 2 aromatic carbocycles. The molecular formula is C18H17N3O. The Morgan fingerprint density at radius 3 is 2.45 bits per heavy atom. The molecule has 0 aliphatic rings. The Labute approximate surface area is 128 Å². The van der Waals surface area contributed by atoms with Gasteiger partial charge in [0.15, 0.2) is 0 Å². The lowest BCUT2D eigenvalue weighted by Gasteiger charge is -1.96. The molecule has 1 aromatic heterocycles. The van der Waals surface area contributed by atoms with Crippen molar-refractivity contribution in [3.05, 3.63) is 70.7 Å². The van der Waals surface area contributed by atoms with Crippen LogP contribution in [0.2, 0.25) is 0 Å². The Morgan fingerprint density at radius 1 is 0.955 bits per heavy atom. The molecule has 22 heavy (non-hydrogen) atoms. The minimum Gasteiger partial charge on any atom is -0.295 e. The highest BCUT2D eigenvalue weighted by Gasteiger charge is 2.07. The van der Waals surface area contributed by atoms with Crippen LogP contribution in [0.1, 0.15) is 5.56 Å². The van der Waals surface area contributed by atoms with Gasteiger partial charge in [0.2, 0.25) is 0 Å². The van der Waals surface area contributed by atoms with E-state index >= 15 is 0 Å². The summed E-state index contributed by atoms with van der Waals surface area (Å²) in [6.45, 7) is 0. The van der Waals surface area contributed by atoms with Gasteiger partial charge in [-0.25, -0.2) is 4.79 Å². The van der Waals surface area contributed by atoms with Crippen LogP contribution < -0.4 is 5.69 Å². The molecule has 0 amide bonds. The quantitative estimate of drug-likeness (QED) is 0.682. The van der Waals surface area contributed by atoms with Gasteiger partial charge in [-0.05, 0) is 29.8 Å². The first kappa shape index (κ1) is 14.1. The predicted octanol–water partition coefficient (Wildman–Crippen LogP) is 3.29. The summed E-state index contributed by atoms with van der Waals surface area (Å²) >= 11 is 0. The maximum atomic E-state index is 11.9. The molecule has 3 aromatic rings. The summed E-state index contributed by atoms with van der Waals surface area (Å²) in [7, 11) is 3.55. The zero-order chi connectivity index (χ0) is 15.5. The van der Waals surface area contributed by atoms with Crippen LogP contribution in [-0.2, 0) is 14.1 Å². The molecule has 110 valence electrons. The van der Waals surface area contributed by atoms with E-state index in [1.54, 1.807) is 29.4 Å². The van der Waals surface area contributed by atoms with Gasteiger partial charge in [-0.1, -0.05) is 36.4 Å². The normalized spacial score (nSPS) is 11.9. The first-order valence-corrected chi connectivity index (χ1v) is 7.08. The van der Waals surface area contributed by atoms with Crippen LogP contribution in [0.4, 0.5) is 5.69 Å². The summed E-state index contributed by atoms with van der Waals surface area (Å²) in [4.78, 5) is 16.3. The fraction of sp³-hybridized carbons (Fsp3) is 0.111. The van der Waals surface area contributed by atoms with E-state index in [0.717, 1.165) is 22.3 Å². The van der Waals surface area contributed by atoms with Crippen molar-refractivity contribution >= 4 is 29.0 Å². The van der Waals surface area contributed by atoms with Crippen molar-refractivity contribution in [2.75, 3.05) is 0 Å². The summed E-state index contributed by atoms with van der Waals surface area (Å²) in [5, 5.41) is 0. The fourth-order valence-corrected chi connectivity index (χ4v) is 2.42. The van der Waals surface area contributed by atoms with Gasteiger partial charge in [-0.2, -0.15) is 0 Å². The third-order valence-corrected chi connectivity index (χ3v) is 3.65. The van der Waals surface area contributed by atoms with Crippen LogP contribution in [0, 0.1) is 0 Å². The van der Waals surface area contributed by atoms with E-state index in [9.17, 15) is 4.79 Å². The van der Waals surface area contributed by atoms with Crippen LogP contribution in [0.15, 0.2) is 64.4 Å². The molecule has 3 rings (SSSR count). The van der Waals surface area contributed by atoms with Crippen LogP contribution >= 0.6 is 0 Å².